The molecule has 0 aliphatic rings. The molecule has 1 rings (SSSR count). The number of ether oxygens (including phenoxy) is 1. The van der Waals surface area contributed by atoms with E-state index in [9.17, 15) is 0 Å². The highest BCUT2D eigenvalue weighted by molar-refractivity contribution is 6.30. The molecule has 0 unspecified atom stereocenters. The van der Waals surface area contributed by atoms with Crippen LogP contribution in [0.3, 0.4) is 0 Å². The van der Waals surface area contributed by atoms with Gasteiger partial charge in [0, 0.05) is 17.1 Å². The molecular formula is C15H24ClNO. The molecule has 0 bridgehead atoms. The van der Waals surface area contributed by atoms with Crippen LogP contribution in [0.4, 0.5) is 0 Å². The third-order valence-corrected chi connectivity index (χ3v) is 2.93. The second-order valence-electron chi connectivity index (χ2n) is 5.69. The van der Waals surface area contributed by atoms with Crippen LogP contribution in [0.5, 0.6) is 5.75 Å². The van der Waals surface area contributed by atoms with Gasteiger partial charge >= 0.3 is 0 Å². The predicted molar refractivity (Wildman–Crippen MR) is 78.4 cm³/mol. The average molecular weight is 270 g/mol. The van der Waals surface area contributed by atoms with Crippen LogP contribution in [0.25, 0.3) is 0 Å². The number of hydrogen-bond acceptors (Lipinski definition) is 2. The molecule has 0 heterocycles. The van der Waals surface area contributed by atoms with E-state index in [1.807, 2.05) is 18.2 Å². The van der Waals surface area contributed by atoms with Crippen LogP contribution in [0.15, 0.2) is 18.2 Å². The molecule has 0 fully saturated rings. The van der Waals surface area contributed by atoms with Crippen LogP contribution in [0, 0.1) is 5.41 Å². The van der Waals surface area contributed by atoms with Crippen LogP contribution >= 0.6 is 11.6 Å². The van der Waals surface area contributed by atoms with Gasteiger partial charge in [-0.15, -0.1) is 0 Å². The van der Waals surface area contributed by atoms with Gasteiger partial charge < -0.3 is 10.1 Å². The molecule has 0 atom stereocenters. The molecule has 1 aromatic carbocycles. The predicted octanol–water partition coefficient (Wildman–Crippen LogP) is 4.26. The van der Waals surface area contributed by atoms with Crippen LogP contribution in [0.1, 0.15) is 39.7 Å². The summed E-state index contributed by atoms with van der Waals surface area (Å²) < 4.78 is 5.87. The highest BCUT2D eigenvalue weighted by Gasteiger charge is 2.11. The van der Waals surface area contributed by atoms with Gasteiger partial charge in [0.25, 0.3) is 0 Å². The highest BCUT2D eigenvalue weighted by Crippen LogP contribution is 2.25. The summed E-state index contributed by atoms with van der Waals surface area (Å²) in [6.07, 6.45) is 1.04. The van der Waals surface area contributed by atoms with Crippen molar-refractivity contribution in [2.75, 3.05) is 13.2 Å². The lowest BCUT2D eigenvalue weighted by atomic mass is 9.93. The van der Waals surface area contributed by atoms with E-state index in [1.54, 1.807) is 0 Å². The van der Waals surface area contributed by atoms with Crippen LogP contribution in [-0.2, 0) is 6.54 Å². The van der Waals surface area contributed by atoms with Gasteiger partial charge in [0.2, 0.25) is 0 Å². The first-order valence-electron chi connectivity index (χ1n) is 6.54. The summed E-state index contributed by atoms with van der Waals surface area (Å²) in [4.78, 5) is 0. The topological polar surface area (TPSA) is 21.3 Å². The minimum atomic E-state index is 0.300. The zero-order valence-electron chi connectivity index (χ0n) is 11.8. The first-order chi connectivity index (χ1) is 8.42. The molecule has 1 aromatic rings. The van der Waals surface area contributed by atoms with Crippen molar-refractivity contribution >= 4 is 11.6 Å². The molecule has 1 N–H and O–H groups in total. The fourth-order valence-electron chi connectivity index (χ4n) is 1.55. The van der Waals surface area contributed by atoms with E-state index in [0.717, 1.165) is 42.5 Å². The van der Waals surface area contributed by atoms with Crippen molar-refractivity contribution in [3.8, 4) is 5.75 Å². The van der Waals surface area contributed by atoms with E-state index < -0.39 is 0 Å². The van der Waals surface area contributed by atoms with Gasteiger partial charge in [0.05, 0.1) is 6.61 Å². The van der Waals surface area contributed by atoms with E-state index >= 15 is 0 Å². The fourth-order valence-corrected chi connectivity index (χ4v) is 1.75. The first-order valence-corrected chi connectivity index (χ1v) is 6.92. The Bertz CT molecular complexity index is 371. The Morgan fingerprint density at radius 1 is 1.28 bits per heavy atom. The normalized spacial score (nSPS) is 11.6. The molecule has 18 heavy (non-hydrogen) atoms. The van der Waals surface area contributed by atoms with Gasteiger partial charge in [0.15, 0.2) is 0 Å². The van der Waals surface area contributed by atoms with Crippen molar-refractivity contribution in [1.29, 1.82) is 0 Å². The van der Waals surface area contributed by atoms with Gasteiger partial charge in [-0.05, 0) is 36.6 Å². The van der Waals surface area contributed by atoms with Crippen molar-refractivity contribution in [2.24, 2.45) is 5.41 Å². The summed E-state index contributed by atoms with van der Waals surface area (Å²) in [6.45, 7) is 11.2. The lowest BCUT2D eigenvalue weighted by Crippen LogP contribution is -2.15. The molecule has 0 saturated heterocycles. The quantitative estimate of drug-likeness (QED) is 0.833. The number of benzene rings is 1. The molecule has 3 heteroatoms. The van der Waals surface area contributed by atoms with Gasteiger partial charge in [0.1, 0.15) is 5.75 Å². The molecule has 0 radical (unpaired) electrons. The van der Waals surface area contributed by atoms with Crippen molar-refractivity contribution in [3.63, 3.8) is 0 Å². The molecule has 2 nitrogen and oxygen atoms in total. The monoisotopic (exact) mass is 269 g/mol. The Morgan fingerprint density at radius 3 is 2.61 bits per heavy atom. The average Bonchev–Trinajstić information content (AvgIpc) is 2.27. The highest BCUT2D eigenvalue weighted by atomic mass is 35.5. The number of halogens is 1. The summed E-state index contributed by atoms with van der Waals surface area (Å²) in [5.74, 6) is 0.935. The molecule has 102 valence electrons. The van der Waals surface area contributed by atoms with Gasteiger partial charge in [-0.1, -0.05) is 39.3 Å². The molecular weight excluding hydrogens is 246 g/mol. The molecule has 0 amide bonds. The second-order valence-corrected chi connectivity index (χ2v) is 6.13. The van der Waals surface area contributed by atoms with E-state index in [2.05, 4.69) is 33.0 Å². The standard InChI is InChI=1S/C15H24ClNO/c1-5-17-11-12-10-13(16)6-7-14(12)18-9-8-15(2,3)4/h6-7,10,17H,5,8-9,11H2,1-4H3. The third kappa shape index (κ3) is 5.74. The summed E-state index contributed by atoms with van der Waals surface area (Å²) in [5.41, 5.74) is 1.42. The summed E-state index contributed by atoms with van der Waals surface area (Å²) in [6, 6.07) is 5.80. The Balaban J connectivity index is 2.63. The van der Waals surface area contributed by atoms with Crippen LogP contribution in [0.2, 0.25) is 5.02 Å². The minimum Gasteiger partial charge on any atom is -0.493 e. The molecule has 0 aliphatic heterocycles. The number of hydrogen-bond donors (Lipinski definition) is 1. The second kappa shape index (κ2) is 7.01. The molecule has 0 aliphatic carbocycles. The lowest BCUT2D eigenvalue weighted by Gasteiger charge is -2.19. The number of rotatable bonds is 6. The maximum Gasteiger partial charge on any atom is 0.123 e. The third-order valence-electron chi connectivity index (χ3n) is 2.70. The largest absolute Gasteiger partial charge is 0.493 e. The first kappa shape index (κ1) is 15.3. The lowest BCUT2D eigenvalue weighted by molar-refractivity contribution is 0.241. The van der Waals surface area contributed by atoms with E-state index in [1.165, 1.54) is 0 Å². The zero-order valence-corrected chi connectivity index (χ0v) is 12.6. The maximum absolute atomic E-state index is 6.02. The summed E-state index contributed by atoms with van der Waals surface area (Å²) >= 11 is 6.02. The Labute approximate surface area is 116 Å². The summed E-state index contributed by atoms with van der Waals surface area (Å²) in [5, 5.41) is 4.06. The van der Waals surface area contributed by atoms with Crippen molar-refractivity contribution in [1.82, 2.24) is 5.32 Å². The van der Waals surface area contributed by atoms with Gasteiger partial charge in [-0.25, -0.2) is 0 Å². The van der Waals surface area contributed by atoms with E-state index in [4.69, 9.17) is 16.3 Å². The van der Waals surface area contributed by atoms with Crippen molar-refractivity contribution < 1.29 is 4.74 Å². The molecule has 0 aromatic heterocycles. The summed E-state index contributed by atoms with van der Waals surface area (Å²) in [7, 11) is 0. The Hall–Kier alpha value is -0.730. The zero-order chi connectivity index (χ0) is 13.6. The Morgan fingerprint density at radius 2 is 2.00 bits per heavy atom. The maximum atomic E-state index is 6.02. The van der Waals surface area contributed by atoms with Crippen LogP contribution < -0.4 is 10.1 Å². The van der Waals surface area contributed by atoms with Gasteiger partial charge in [-0.2, -0.15) is 0 Å². The van der Waals surface area contributed by atoms with Crippen molar-refractivity contribution in [3.05, 3.63) is 28.8 Å². The van der Waals surface area contributed by atoms with Crippen LogP contribution in [-0.4, -0.2) is 13.2 Å². The Kier molecular flexibility index (Phi) is 5.97. The van der Waals surface area contributed by atoms with Gasteiger partial charge in [-0.3, -0.25) is 0 Å². The molecule has 0 saturated carbocycles. The SMILES string of the molecule is CCNCc1cc(Cl)ccc1OCCC(C)(C)C. The molecule has 0 spiro atoms. The number of nitrogens with one attached hydrogen (secondary N) is 1. The van der Waals surface area contributed by atoms with E-state index in [0.29, 0.717) is 5.41 Å². The fraction of sp³-hybridized carbons (Fsp3) is 0.600. The minimum absolute atomic E-state index is 0.300. The smallest absolute Gasteiger partial charge is 0.123 e. The van der Waals surface area contributed by atoms with Crippen molar-refractivity contribution in [2.45, 2.75) is 40.7 Å². The van der Waals surface area contributed by atoms with E-state index in [-0.39, 0.29) is 0 Å².